The third-order valence-electron chi connectivity index (χ3n) is 3.12. The molecular formula is C11H15F3N4O3. The van der Waals surface area contributed by atoms with Crippen LogP contribution in [-0.4, -0.2) is 57.7 Å². The van der Waals surface area contributed by atoms with Crippen LogP contribution < -0.4 is 11.1 Å². The van der Waals surface area contributed by atoms with Gasteiger partial charge in [-0.25, -0.2) is 4.98 Å². The first-order valence-electron chi connectivity index (χ1n) is 6.16. The number of ether oxygens (including phenoxy) is 1. The van der Waals surface area contributed by atoms with Gasteiger partial charge in [0.25, 0.3) is 0 Å². The average molecular weight is 308 g/mol. The van der Waals surface area contributed by atoms with E-state index in [0.717, 1.165) is 6.20 Å². The molecule has 1 aromatic rings. The lowest BCUT2D eigenvalue weighted by atomic mass is 9.98. The number of nitrogens with zero attached hydrogens (tertiary/aromatic N) is 2. The van der Waals surface area contributed by atoms with Gasteiger partial charge in [-0.05, 0) is 0 Å². The molecule has 0 saturated carbocycles. The second kappa shape index (κ2) is 6.10. The van der Waals surface area contributed by atoms with Gasteiger partial charge in [0.2, 0.25) is 0 Å². The average Bonchev–Trinajstić information content (AvgIpc) is 2.44. The fourth-order valence-electron chi connectivity index (χ4n) is 1.98. The van der Waals surface area contributed by atoms with Crippen molar-refractivity contribution in [2.45, 2.75) is 30.5 Å². The standard InChI is InChI=1S/C11H15F3N4O3/c12-11(13,14)7-2-16-3-8(18-7)17-5-4-21-6(1-15)10(20)9(5)19/h2-3,5-6,9-10,19-20H,1,4,15H2,(H,17,18)/t5?,6-,9?,10?/m0/s1. The molecule has 0 aliphatic carbocycles. The van der Waals surface area contributed by atoms with Crippen LogP contribution in [0.2, 0.25) is 0 Å². The van der Waals surface area contributed by atoms with Gasteiger partial charge >= 0.3 is 6.18 Å². The van der Waals surface area contributed by atoms with Crippen molar-refractivity contribution in [3.8, 4) is 0 Å². The number of hydrogen-bond donors (Lipinski definition) is 4. The summed E-state index contributed by atoms with van der Waals surface area (Å²) in [5.41, 5.74) is 4.20. The van der Waals surface area contributed by atoms with E-state index in [-0.39, 0.29) is 19.0 Å². The lowest BCUT2D eigenvalue weighted by Gasteiger charge is -2.37. The van der Waals surface area contributed by atoms with Gasteiger partial charge in [0, 0.05) is 6.54 Å². The number of aromatic nitrogens is 2. The van der Waals surface area contributed by atoms with Crippen LogP contribution in [0.3, 0.4) is 0 Å². The summed E-state index contributed by atoms with van der Waals surface area (Å²) in [6.45, 7) is -0.00761. The number of rotatable bonds is 3. The van der Waals surface area contributed by atoms with E-state index >= 15 is 0 Å². The van der Waals surface area contributed by atoms with Crippen molar-refractivity contribution in [2.75, 3.05) is 18.5 Å². The smallest absolute Gasteiger partial charge is 0.388 e. The number of aliphatic hydroxyl groups is 2. The summed E-state index contributed by atoms with van der Waals surface area (Å²) in [4.78, 5) is 6.81. The van der Waals surface area contributed by atoms with Crippen molar-refractivity contribution in [3.05, 3.63) is 18.1 Å². The monoisotopic (exact) mass is 308 g/mol. The zero-order chi connectivity index (χ0) is 15.6. The van der Waals surface area contributed by atoms with Crippen LogP contribution in [-0.2, 0) is 10.9 Å². The van der Waals surface area contributed by atoms with Crippen LogP contribution >= 0.6 is 0 Å². The fraction of sp³-hybridized carbons (Fsp3) is 0.636. The third kappa shape index (κ3) is 3.59. The van der Waals surface area contributed by atoms with E-state index in [1.54, 1.807) is 0 Å². The number of halogens is 3. The first kappa shape index (κ1) is 15.9. The van der Waals surface area contributed by atoms with Crippen molar-refractivity contribution in [1.82, 2.24) is 9.97 Å². The van der Waals surface area contributed by atoms with Crippen LogP contribution in [0.4, 0.5) is 19.0 Å². The summed E-state index contributed by atoms with van der Waals surface area (Å²) >= 11 is 0. The Morgan fingerprint density at radius 3 is 2.67 bits per heavy atom. The predicted molar refractivity (Wildman–Crippen MR) is 65.3 cm³/mol. The van der Waals surface area contributed by atoms with Gasteiger partial charge < -0.3 is 26.0 Å². The number of anilines is 1. The highest BCUT2D eigenvalue weighted by Crippen LogP contribution is 2.28. The Morgan fingerprint density at radius 2 is 2.05 bits per heavy atom. The largest absolute Gasteiger partial charge is 0.434 e. The lowest BCUT2D eigenvalue weighted by molar-refractivity contribution is -0.141. The van der Waals surface area contributed by atoms with E-state index in [0.29, 0.717) is 6.20 Å². The molecule has 0 amide bonds. The molecule has 0 spiro atoms. The van der Waals surface area contributed by atoms with Gasteiger partial charge in [-0.3, -0.25) is 4.98 Å². The Morgan fingerprint density at radius 1 is 1.33 bits per heavy atom. The molecule has 7 nitrogen and oxygen atoms in total. The molecule has 0 aromatic carbocycles. The van der Waals surface area contributed by atoms with Gasteiger partial charge in [0.1, 0.15) is 18.0 Å². The van der Waals surface area contributed by atoms with Crippen LogP contribution in [0.25, 0.3) is 0 Å². The Hall–Kier alpha value is -1.49. The number of nitrogens with two attached hydrogens (primary N) is 1. The molecule has 21 heavy (non-hydrogen) atoms. The first-order chi connectivity index (χ1) is 9.82. The molecule has 0 bridgehead atoms. The molecule has 0 radical (unpaired) electrons. The minimum atomic E-state index is -4.61. The highest BCUT2D eigenvalue weighted by molar-refractivity contribution is 5.34. The van der Waals surface area contributed by atoms with Crippen molar-refractivity contribution in [1.29, 1.82) is 0 Å². The van der Waals surface area contributed by atoms with Crippen molar-refractivity contribution in [2.24, 2.45) is 5.73 Å². The summed E-state index contributed by atoms with van der Waals surface area (Å²) < 4.78 is 42.8. The maximum absolute atomic E-state index is 12.5. The number of nitrogens with one attached hydrogen (secondary N) is 1. The Bertz CT molecular complexity index is 488. The van der Waals surface area contributed by atoms with Crippen LogP contribution in [0.5, 0.6) is 0 Å². The number of alkyl halides is 3. The molecule has 1 aliphatic rings. The highest BCUT2D eigenvalue weighted by atomic mass is 19.4. The minimum absolute atomic E-state index is 0.0221. The number of hydrogen-bond acceptors (Lipinski definition) is 7. The zero-order valence-electron chi connectivity index (χ0n) is 10.8. The summed E-state index contributed by atoms with van der Waals surface area (Å²) in [5.74, 6) is -0.170. The summed E-state index contributed by atoms with van der Waals surface area (Å²) in [5, 5.41) is 22.2. The maximum atomic E-state index is 12.5. The number of aliphatic hydroxyl groups excluding tert-OH is 2. The summed E-state index contributed by atoms with van der Waals surface area (Å²) in [7, 11) is 0. The molecule has 1 saturated heterocycles. The molecule has 118 valence electrons. The van der Waals surface area contributed by atoms with E-state index in [4.69, 9.17) is 10.5 Å². The van der Waals surface area contributed by atoms with E-state index in [1.165, 1.54) is 0 Å². The quantitative estimate of drug-likeness (QED) is 0.587. The summed E-state index contributed by atoms with van der Waals surface area (Å²) in [6.07, 6.45) is -6.13. The van der Waals surface area contributed by atoms with E-state index < -0.39 is 36.2 Å². The SMILES string of the molecule is NC[C@@H]1OCC(Nc2cncc(C(F)(F)F)n2)C(O)C1O. The minimum Gasteiger partial charge on any atom is -0.388 e. The van der Waals surface area contributed by atoms with Crippen LogP contribution in [0.15, 0.2) is 12.4 Å². The van der Waals surface area contributed by atoms with Crippen LogP contribution in [0.1, 0.15) is 5.69 Å². The van der Waals surface area contributed by atoms with Crippen LogP contribution in [0, 0.1) is 0 Å². The van der Waals surface area contributed by atoms with Crippen molar-refractivity contribution in [3.63, 3.8) is 0 Å². The van der Waals surface area contributed by atoms with Gasteiger partial charge in [-0.2, -0.15) is 13.2 Å². The second-order valence-corrected chi connectivity index (χ2v) is 4.63. The molecule has 5 N–H and O–H groups in total. The van der Waals surface area contributed by atoms with E-state index in [1.807, 2.05) is 0 Å². The van der Waals surface area contributed by atoms with E-state index in [9.17, 15) is 23.4 Å². The van der Waals surface area contributed by atoms with Gasteiger partial charge in [0.05, 0.1) is 31.1 Å². The molecule has 2 rings (SSSR count). The Balaban J connectivity index is 2.08. The second-order valence-electron chi connectivity index (χ2n) is 4.63. The molecule has 3 unspecified atom stereocenters. The first-order valence-corrected chi connectivity index (χ1v) is 6.16. The molecule has 1 aliphatic heterocycles. The van der Waals surface area contributed by atoms with E-state index in [2.05, 4.69) is 15.3 Å². The Kier molecular flexibility index (Phi) is 4.61. The predicted octanol–water partition coefficient (Wildman–Crippen LogP) is -0.645. The van der Waals surface area contributed by atoms with Crippen molar-refractivity contribution >= 4 is 5.82 Å². The molecule has 10 heteroatoms. The maximum Gasteiger partial charge on any atom is 0.434 e. The molecule has 4 atom stereocenters. The highest BCUT2D eigenvalue weighted by Gasteiger charge is 2.38. The molecule has 2 heterocycles. The lowest BCUT2D eigenvalue weighted by Crippen LogP contribution is -2.57. The zero-order valence-corrected chi connectivity index (χ0v) is 10.8. The normalized spacial score (nSPS) is 30.2. The molecule has 1 fully saturated rings. The van der Waals surface area contributed by atoms with Gasteiger partial charge in [-0.15, -0.1) is 0 Å². The van der Waals surface area contributed by atoms with Gasteiger partial charge in [-0.1, -0.05) is 0 Å². The fourth-order valence-corrected chi connectivity index (χ4v) is 1.98. The third-order valence-corrected chi connectivity index (χ3v) is 3.12. The van der Waals surface area contributed by atoms with Gasteiger partial charge in [0.15, 0.2) is 5.69 Å². The topological polar surface area (TPSA) is 114 Å². The molecule has 1 aromatic heterocycles. The van der Waals surface area contributed by atoms with Crippen molar-refractivity contribution < 1.29 is 28.1 Å². The molecular weight excluding hydrogens is 293 g/mol. The summed E-state index contributed by atoms with van der Waals surface area (Å²) in [6, 6.07) is -0.819. The Labute approximate surface area is 118 Å².